The van der Waals surface area contributed by atoms with Crippen LogP contribution in [0.2, 0.25) is 18.1 Å². The molecule has 1 aliphatic carbocycles. The standard InChI is InChI=1S/C26H37N5O5Si/c1-25(2,3)37(6,7)35-11-10-33-16-8-9-18-19(12-16)22(31-34-14-17-13-28-24(32)36-17)26(4,5)20-21(18)29-15-30-23(20)27/h8-9,12,15,17H,10-11,13-14H2,1-7H3,(H,28,32)(H2,27,29,30)/b31-22+/t17-/m0/s1. The summed E-state index contributed by atoms with van der Waals surface area (Å²) < 4.78 is 17.5. The number of nitrogen functional groups attached to an aromatic ring is 1. The van der Waals surface area contributed by atoms with Crippen molar-refractivity contribution in [2.45, 2.75) is 64.3 Å². The first-order valence-corrected chi connectivity index (χ1v) is 15.4. The molecule has 1 aromatic heterocycles. The number of cyclic esters (lactones) is 1. The summed E-state index contributed by atoms with van der Waals surface area (Å²) in [6.45, 7) is 16.6. The number of nitrogens with two attached hydrogens (primary N) is 1. The van der Waals surface area contributed by atoms with E-state index in [9.17, 15) is 4.79 Å². The molecule has 37 heavy (non-hydrogen) atoms. The lowest BCUT2D eigenvalue weighted by Crippen LogP contribution is -2.41. The van der Waals surface area contributed by atoms with Gasteiger partial charge in [-0.25, -0.2) is 14.8 Å². The molecule has 1 fully saturated rings. The second-order valence-corrected chi connectivity index (χ2v) is 16.2. The number of carbonyl (C=O) groups excluding carboxylic acids is 1. The predicted molar refractivity (Wildman–Crippen MR) is 144 cm³/mol. The van der Waals surface area contributed by atoms with Gasteiger partial charge in [0.25, 0.3) is 0 Å². The molecule has 0 radical (unpaired) electrons. The van der Waals surface area contributed by atoms with Gasteiger partial charge in [0.15, 0.2) is 21.0 Å². The summed E-state index contributed by atoms with van der Waals surface area (Å²) in [6, 6.07) is 5.82. The molecule has 2 aromatic rings. The van der Waals surface area contributed by atoms with Crippen molar-refractivity contribution in [2.75, 3.05) is 32.1 Å². The minimum Gasteiger partial charge on any atom is -0.491 e. The molecule has 1 saturated heterocycles. The second kappa shape index (κ2) is 9.94. The first-order valence-electron chi connectivity index (χ1n) is 12.5. The van der Waals surface area contributed by atoms with Gasteiger partial charge in [-0.15, -0.1) is 0 Å². The van der Waals surface area contributed by atoms with Crippen LogP contribution in [-0.2, 0) is 19.4 Å². The molecule has 11 heteroatoms. The van der Waals surface area contributed by atoms with Crippen LogP contribution in [0.25, 0.3) is 11.3 Å². The number of benzene rings is 1. The third-order valence-corrected chi connectivity index (χ3v) is 11.9. The van der Waals surface area contributed by atoms with E-state index < -0.39 is 25.9 Å². The average molecular weight is 528 g/mol. The number of aromatic nitrogens is 2. The van der Waals surface area contributed by atoms with Gasteiger partial charge in [-0.1, -0.05) is 25.9 Å². The van der Waals surface area contributed by atoms with Gasteiger partial charge in [0.2, 0.25) is 0 Å². The van der Waals surface area contributed by atoms with E-state index in [1.165, 1.54) is 6.33 Å². The molecule has 0 saturated carbocycles. The van der Waals surface area contributed by atoms with E-state index in [1.54, 1.807) is 0 Å². The van der Waals surface area contributed by atoms with Crippen LogP contribution in [0, 0.1) is 0 Å². The molecule has 0 spiro atoms. The number of rotatable bonds is 8. The second-order valence-electron chi connectivity index (χ2n) is 11.4. The molecule has 2 aliphatic rings. The Morgan fingerprint density at radius 1 is 1.22 bits per heavy atom. The molecule has 3 N–H and O–H groups in total. The van der Waals surface area contributed by atoms with Crippen LogP contribution >= 0.6 is 0 Å². The third kappa shape index (κ3) is 5.42. The number of ether oxygens (including phenoxy) is 2. The number of alkyl carbamates (subject to hydrolysis) is 1. The van der Waals surface area contributed by atoms with Gasteiger partial charge in [-0.2, -0.15) is 0 Å². The summed E-state index contributed by atoms with van der Waals surface area (Å²) in [5.74, 6) is 1.09. The Hall–Kier alpha value is -3.18. The molecule has 4 rings (SSSR count). The zero-order valence-electron chi connectivity index (χ0n) is 22.7. The Bertz CT molecular complexity index is 1210. The van der Waals surface area contributed by atoms with Crippen molar-refractivity contribution >= 4 is 25.9 Å². The largest absolute Gasteiger partial charge is 0.491 e. The van der Waals surface area contributed by atoms with Gasteiger partial charge in [-0.3, -0.25) is 0 Å². The van der Waals surface area contributed by atoms with E-state index in [4.69, 9.17) is 24.5 Å². The molecule has 0 unspecified atom stereocenters. The van der Waals surface area contributed by atoms with Crippen LogP contribution in [0.1, 0.15) is 45.7 Å². The minimum absolute atomic E-state index is 0.127. The fourth-order valence-electron chi connectivity index (χ4n) is 4.24. The maximum absolute atomic E-state index is 11.3. The monoisotopic (exact) mass is 527 g/mol. The van der Waals surface area contributed by atoms with Crippen molar-refractivity contribution in [1.82, 2.24) is 15.3 Å². The highest BCUT2D eigenvalue weighted by Gasteiger charge is 2.41. The Labute approximate surface area is 219 Å². The summed E-state index contributed by atoms with van der Waals surface area (Å²) >= 11 is 0. The number of amides is 1. The van der Waals surface area contributed by atoms with Crippen LogP contribution in [0.15, 0.2) is 29.7 Å². The molecular formula is C26H37N5O5Si. The summed E-state index contributed by atoms with van der Waals surface area (Å²) in [4.78, 5) is 25.8. The zero-order chi connectivity index (χ0) is 27.0. The number of carbonyl (C=O) groups is 1. The number of hydrogen-bond acceptors (Lipinski definition) is 9. The minimum atomic E-state index is -1.85. The average Bonchev–Trinajstić information content (AvgIpc) is 3.22. The Morgan fingerprint density at radius 2 is 1.97 bits per heavy atom. The van der Waals surface area contributed by atoms with Crippen LogP contribution in [0.3, 0.4) is 0 Å². The molecule has 200 valence electrons. The number of nitrogens with one attached hydrogen (secondary N) is 1. The van der Waals surface area contributed by atoms with Gasteiger partial charge < -0.3 is 29.8 Å². The molecule has 0 bridgehead atoms. The SMILES string of the molecule is CC1(C)/C(=N/OC[C@@H]2CNC(=O)O2)c2cc(OCCO[Si](C)(C)C(C)(C)C)ccc2-c2ncnc(N)c21. The van der Waals surface area contributed by atoms with Crippen molar-refractivity contribution in [1.29, 1.82) is 0 Å². The van der Waals surface area contributed by atoms with Gasteiger partial charge in [0, 0.05) is 22.1 Å². The highest BCUT2D eigenvalue weighted by Crippen LogP contribution is 2.45. The van der Waals surface area contributed by atoms with Crippen molar-refractivity contribution in [2.24, 2.45) is 5.16 Å². The number of fused-ring (bicyclic) bond motifs is 3. The molecule has 10 nitrogen and oxygen atoms in total. The van der Waals surface area contributed by atoms with E-state index in [-0.39, 0.29) is 11.6 Å². The molecule has 1 aliphatic heterocycles. The van der Waals surface area contributed by atoms with Gasteiger partial charge in [0.1, 0.15) is 24.5 Å². The van der Waals surface area contributed by atoms with Crippen molar-refractivity contribution in [3.8, 4) is 17.0 Å². The maximum Gasteiger partial charge on any atom is 0.407 e. The van der Waals surface area contributed by atoms with Crippen molar-refractivity contribution < 1.29 is 23.5 Å². The first-order chi connectivity index (χ1) is 17.3. The van der Waals surface area contributed by atoms with Crippen molar-refractivity contribution in [3.05, 3.63) is 35.7 Å². The number of hydrogen-bond donors (Lipinski definition) is 2. The van der Waals surface area contributed by atoms with Gasteiger partial charge in [0.05, 0.1) is 24.6 Å². The Morgan fingerprint density at radius 3 is 2.65 bits per heavy atom. The predicted octanol–water partition coefficient (Wildman–Crippen LogP) is 4.25. The lowest BCUT2D eigenvalue weighted by Gasteiger charge is -2.36. The van der Waals surface area contributed by atoms with E-state index >= 15 is 0 Å². The molecular weight excluding hydrogens is 490 g/mol. The molecule has 1 atom stereocenters. The zero-order valence-corrected chi connectivity index (χ0v) is 23.7. The van der Waals surface area contributed by atoms with Crippen LogP contribution in [0.5, 0.6) is 5.75 Å². The number of nitrogens with zero attached hydrogens (tertiary/aromatic N) is 3. The smallest absolute Gasteiger partial charge is 0.407 e. The lowest BCUT2D eigenvalue weighted by atomic mass is 9.70. The maximum atomic E-state index is 11.3. The summed E-state index contributed by atoms with van der Waals surface area (Å²) in [5.41, 5.74) is 9.57. The quantitative estimate of drug-likeness (QED) is 0.296. The van der Waals surface area contributed by atoms with E-state index in [0.29, 0.717) is 37.0 Å². The fraction of sp³-hybridized carbons (Fsp3) is 0.538. The Kier molecular flexibility index (Phi) is 7.22. The van der Waals surface area contributed by atoms with Crippen LogP contribution in [0.4, 0.5) is 10.6 Å². The lowest BCUT2D eigenvalue weighted by molar-refractivity contribution is 0.0487. The highest BCUT2D eigenvalue weighted by molar-refractivity contribution is 6.74. The number of oxime groups is 1. The van der Waals surface area contributed by atoms with Crippen LogP contribution < -0.4 is 15.8 Å². The molecule has 2 heterocycles. The number of anilines is 1. The topological polar surface area (TPSA) is 130 Å². The molecule has 1 aromatic carbocycles. The van der Waals surface area contributed by atoms with E-state index in [2.05, 4.69) is 54.3 Å². The normalized spacial score (nSPS) is 19.6. The summed E-state index contributed by atoms with van der Waals surface area (Å²) in [5, 5.41) is 7.27. The Balaban J connectivity index is 1.59. The van der Waals surface area contributed by atoms with E-state index in [1.807, 2.05) is 32.0 Å². The first kappa shape index (κ1) is 26.9. The third-order valence-electron chi connectivity index (χ3n) is 7.38. The van der Waals surface area contributed by atoms with Gasteiger partial charge >= 0.3 is 6.09 Å². The van der Waals surface area contributed by atoms with Crippen molar-refractivity contribution in [3.63, 3.8) is 0 Å². The summed E-state index contributed by atoms with van der Waals surface area (Å²) in [7, 11) is -1.85. The fourth-order valence-corrected chi connectivity index (χ4v) is 5.26. The molecule has 1 amide bonds. The van der Waals surface area contributed by atoms with E-state index in [0.717, 1.165) is 22.4 Å². The highest BCUT2D eigenvalue weighted by atomic mass is 28.4. The van der Waals surface area contributed by atoms with Gasteiger partial charge in [-0.05, 0) is 50.2 Å². The van der Waals surface area contributed by atoms with Crippen LogP contribution in [-0.4, -0.2) is 62.6 Å². The summed E-state index contributed by atoms with van der Waals surface area (Å²) in [6.07, 6.45) is 0.610.